The number of aromatic nitrogens is 2. The average molecular weight is 703 g/mol. The summed E-state index contributed by atoms with van der Waals surface area (Å²) < 4.78 is 15.6. The van der Waals surface area contributed by atoms with E-state index >= 15 is 0 Å². The van der Waals surface area contributed by atoms with Gasteiger partial charge in [-0.25, -0.2) is 4.98 Å². The number of rotatable bonds is 4. The minimum absolute atomic E-state index is 0.573. The molecule has 0 aliphatic carbocycles. The molecular formula is C51H30N2O2. The summed E-state index contributed by atoms with van der Waals surface area (Å²) in [4.78, 5) is 5.16. The number of hydrogen-bond acceptors (Lipinski definition) is 3. The number of para-hydroxylation sites is 2. The van der Waals surface area contributed by atoms with Crippen LogP contribution in [0.25, 0.3) is 116 Å². The van der Waals surface area contributed by atoms with Crippen molar-refractivity contribution in [2.75, 3.05) is 0 Å². The molecule has 9 aromatic carbocycles. The first-order chi connectivity index (χ1) is 27.3. The van der Waals surface area contributed by atoms with Gasteiger partial charge in [0.15, 0.2) is 5.58 Å². The number of benzene rings is 9. The van der Waals surface area contributed by atoms with Gasteiger partial charge in [0.2, 0.25) is 5.89 Å². The Labute approximate surface area is 315 Å². The first kappa shape index (κ1) is 30.1. The van der Waals surface area contributed by atoms with Crippen molar-refractivity contribution in [2.45, 2.75) is 0 Å². The van der Waals surface area contributed by atoms with E-state index in [1.165, 1.54) is 49.0 Å². The standard InChI is InChI=1S/C51H30N2O2/c1-2-13-32(14-3-1)41-29-43-38-17-8-10-20-44(38)53(49(43)39-18-7-6-16-37(39)41)36-26-24-33(25-27-36)51-52-48-46(55-51)30-42(35-23-22-31-12-4-5-15-34(31)28-35)50-47(48)40-19-9-11-21-45(40)54-50/h1-30H. The molecule has 3 aromatic heterocycles. The zero-order valence-electron chi connectivity index (χ0n) is 29.5. The largest absolute Gasteiger partial charge is 0.455 e. The Morgan fingerprint density at radius 3 is 1.96 bits per heavy atom. The molecule has 55 heavy (non-hydrogen) atoms. The molecule has 0 atom stereocenters. The van der Waals surface area contributed by atoms with Crippen LogP contribution in [0.15, 0.2) is 191 Å². The fourth-order valence-corrected chi connectivity index (χ4v) is 8.67. The van der Waals surface area contributed by atoms with Crippen LogP contribution in [0.5, 0.6) is 0 Å². The zero-order chi connectivity index (χ0) is 36.0. The average Bonchev–Trinajstić information content (AvgIpc) is 3.95. The van der Waals surface area contributed by atoms with E-state index in [9.17, 15) is 0 Å². The number of hydrogen-bond donors (Lipinski definition) is 0. The molecule has 0 fully saturated rings. The maximum absolute atomic E-state index is 6.65. The second kappa shape index (κ2) is 11.5. The molecule has 12 aromatic rings. The van der Waals surface area contributed by atoms with Crippen molar-refractivity contribution in [3.8, 4) is 39.4 Å². The molecule has 0 saturated heterocycles. The minimum atomic E-state index is 0.573. The lowest BCUT2D eigenvalue weighted by Gasteiger charge is -2.13. The van der Waals surface area contributed by atoms with Crippen LogP contribution in [-0.2, 0) is 0 Å². The van der Waals surface area contributed by atoms with Gasteiger partial charge in [-0.3, -0.25) is 0 Å². The van der Waals surface area contributed by atoms with Gasteiger partial charge in [-0.15, -0.1) is 0 Å². The summed E-state index contributed by atoms with van der Waals surface area (Å²) in [6, 6.07) is 64.4. The number of fused-ring (bicyclic) bond motifs is 11. The summed E-state index contributed by atoms with van der Waals surface area (Å²) in [5.41, 5.74) is 12.0. The lowest BCUT2D eigenvalue weighted by Crippen LogP contribution is -1.95. The van der Waals surface area contributed by atoms with Crippen molar-refractivity contribution in [2.24, 2.45) is 0 Å². The van der Waals surface area contributed by atoms with Gasteiger partial charge in [0.25, 0.3) is 0 Å². The van der Waals surface area contributed by atoms with Crippen molar-refractivity contribution in [1.29, 1.82) is 0 Å². The zero-order valence-corrected chi connectivity index (χ0v) is 29.5. The number of furan rings is 1. The van der Waals surface area contributed by atoms with Crippen LogP contribution in [0.3, 0.4) is 0 Å². The van der Waals surface area contributed by atoms with Crippen LogP contribution in [0.1, 0.15) is 0 Å². The molecule has 12 rings (SSSR count). The molecule has 4 heteroatoms. The summed E-state index contributed by atoms with van der Waals surface area (Å²) in [6.45, 7) is 0. The van der Waals surface area contributed by atoms with Crippen molar-refractivity contribution in [3.05, 3.63) is 182 Å². The van der Waals surface area contributed by atoms with Gasteiger partial charge >= 0.3 is 0 Å². The summed E-state index contributed by atoms with van der Waals surface area (Å²) >= 11 is 0. The Balaban J connectivity index is 1.04. The van der Waals surface area contributed by atoms with Gasteiger partial charge in [-0.2, -0.15) is 0 Å². The van der Waals surface area contributed by atoms with Crippen LogP contribution >= 0.6 is 0 Å². The smallest absolute Gasteiger partial charge is 0.227 e. The molecule has 0 aliphatic heterocycles. The summed E-state index contributed by atoms with van der Waals surface area (Å²) in [7, 11) is 0. The number of oxazole rings is 1. The van der Waals surface area contributed by atoms with E-state index < -0.39 is 0 Å². The Morgan fingerprint density at radius 1 is 0.418 bits per heavy atom. The maximum Gasteiger partial charge on any atom is 0.227 e. The lowest BCUT2D eigenvalue weighted by atomic mass is 9.95. The Kier molecular flexibility index (Phi) is 6.31. The second-order valence-electron chi connectivity index (χ2n) is 14.3. The van der Waals surface area contributed by atoms with Crippen LogP contribution in [0, 0.1) is 0 Å². The molecule has 3 heterocycles. The first-order valence-corrected chi connectivity index (χ1v) is 18.6. The van der Waals surface area contributed by atoms with Crippen LogP contribution < -0.4 is 0 Å². The second-order valence-corrected chi connectivity index (χ2v) is 14.3. The third-order valence-corrected chi connectivity index (χ3v) is 11.2. The van der Waals surface area contributed by atoms with E-state index in [2.05, 4.69) is 168 Å². The molecule has 0 aliphatic rings. The van der Waals surface area contributed by atoms with E-state index in [1.807, 2.05) is 18.2 Å². The van der Waals surface area contributed by atoms with Gasteiger partial charge in [0.1, 0.15) is 16.7 Å². The first-order valence-electron chi connectivity index (χ1n) is 18.6. The molecule has 0 N–H and O–H groups in total. The Morgan fingerprint density at radius 2 is 1.11 bits per heavy atom. The van der Waals surface area contributed by atoms with E-state index in [1.54, 1.807) is 0 Å². The molecule has 4 nitrogen and oxygen atoms in total. The molecule has 0 saturated carbocycles. The molecule has 0 spiro atoms. The third kappa shape index (κ3) is 4.49. The van der Waals surface area contributed by atoms with Crippen molar-refractivity contribution < 1.29 is 8.83 Å². The molecule has 0 unspecified atom stereocenters. The molecular weight excluding hydrogens is 673 g/mol. The van der Waals surface area contributed by atoms with Gasteiger partial charge in [0.05, 0.1) is 16.4 Å². The highest BCUT2D eigenvalue weighted by atomic mass is 16.4. The lowest BCUT2D eigenvalue weighted by molar-refractivity contribution is 0.619. The normalized spacial score (nSPS) is 12.0. The highest BCUT2D eigenvalue weighted by Crippen LogP contribution is 2.44. The summed E-state index contributed by atoms with van der Waals surface area (Å²) in [5.74, 6) is 0.573. The highest BCUT2D eigenvalue weighted by molar-refractivity contribution is 6.23. The SMILES string of the molecule is c1ccc(-c2cc3c4ccccc4n(-c4ccc(-c5nc6c(cc(-c7ccc8ccccc8c7)c7oc8ccccc8c76)o5)cc4)c3c3ccccc23)cc1. The van der Waals surface area contributed by atoms with Gasteiger partial charge < -0.3 is 13.4 Å². The summed E-state index contributed by atoms with van der Waals surface area (Å²) in [6.07, 6.45) is 0. The molecule has 0 amide bonds. The van der Waals surface area contributed by atoms with Crippen LogP contribution in [0.2, 0.25) is 0 Å². The Bertz CT molecular complexity index is 3480. The van der Waals surface area contributed by atoms with Crippen molar-refractivity contribution >= 4 is 76.4 Å². The Hall–Kier alpha value is -7.43. The minimum Gasteiger partial charge on any atom is -0.455 e. The van der Waals surface area contributed by atoms with Crippen molar-refractivity contribution in [3.63, 3.8) is 0 Å². The molecule has 0 radical (unpaired) electrons. The fourth-order valence-electron chi connectivity index (χ4n) is 8.67. The van der Waals surface area contributed by atoms with Gasteiger partial charge in [-0.05, 0) is 87.4 Å². The van der Waals surface area contributed by atoms with Crippen LogP contribution in [0.4, 0.5) is 0 Å². The van der Waals surface area contributed by atoms with E-state index in [4.69, 9.17) is 13.8 Å². The van der Waals surface area contributed by atoms with E-state index in [0.717, 1.165) is 60.9 Å². The molecule has 256 valence electrons. The van der Waals surface area contributed by atoms with Gasteiger partial charge in [0, 0.05) is 38.4 Å². The van der Waals surface area contributed by atoms with E-state index in [-0.39, 0.29) is 0 Å². The van der Waals surface area contributed by atoms with Gasteiger partial charge in [-0.1, -0.05) is 127 Å². The third-order valence-electron chi connectivity index (χ3n) is 11.2. The van der Waals surface area contributed by atoms with E-state index in [0.29, 0.717) is 5.89 Å². The number of nitrogens with zero attached hydrogens (tertiary/aromatic N) is 2. The predicted molar refractivity (Wildman–Crippen MR) is 227 cm³/mol. The quantitative estimate of drug-likeness (QED) is 0.183. The maximum atomic E-state index is 6.65. The monoisotopic (exact) mass is 702 g/mol. The molecule has 0 bridgehead atoms. The van der Waals surface area contributed by atoms with Crippen molar-refractivity contribution in [1.82, 2.24) is 9.55 Å². The predicted octanol–water partition coefficient (Wildman–Crippen LogP) is 14.1. The fraction of sp³-hybridized carbons (Fsp3) is 0. The van der Waals surface area contributed by atoms with Crippen LogP contribution in [-0.4, -0.2) is 9.55 Å². The highest BCUT2D eigenvalue weighted by Gasteiger charge is 2.22. The summed E-state index contributed by atoms with van der Waals surface area (Å²) in [5, 5.41) is 9.27. The topological polar surface area (TPSA) is 44.1 Å².